The minimum Gasteiger partial charge on any atom is -0.294 e. The zero-order valence-corrected chi connectivity index (χ0v) is 9.59. The SMILES string of the molecule is O=C(Cc1ccc(F)cc1)c1c(F)cc(F)cc1F. The second-order valence-corrected chi connectivity index (χ2v) is 3.97. The quantitative estimate of drug-likeness (QED) is 0.613. The summed E-state index contributed by atoms with van der Waals surface area (Å²) in [5.41, 5.74) is -0.375. The predicted molar refractivity (Wildman–Crippen MR) is 60.8 cm³/mol. The first-order chi connectivity index (χ1) is 8.97. The lowest BCUT2D eigenvalue weighted by Crippen LogP contribution is -2.09. The van der Waals surface area contributed by atoms with E-state index >= 15 is 0 Å². The minimum atomic E-state index is -1.25. The smallest absolute Gasteiger partial charge is 0.173 e. The molecule has 0 saturated heterocycles. The van der Waals surface area contributed by atoms with Crippen molar-refractivity contribution in [2.24, 2.45) is 0 Å². The van der Waals surface area contributed by atoms with E-state index in [0.717, 1.165) is 12.1 Å². The fraction of sp³-hybridized carbons (Fsp3) is 0.0714. The number of halogens is 4. The third-order valence-corrected chi connectivity index (χ3v) is 2.56. The van der Waals surface area contributed by atoms with Gasteiger partial charge in [-0.3, -0.25) is 4.79 Å². The summed E-state index contributed by atoms with van der Waals surface area (Å²) in [6.45, 7) is 0. The summed E-state index contributed by atoms with van der Waals surface area (Å²) in [5.74, 6) is -4.89. The van der Waals surface area contributed by atoms with E-state index in [1.54, 1.807) is 0 Å². The highest BCUT2D eigenvalue weighted by molar-refractivity contribution is 5.98. The van der Waals surface area contributed by atoms with Crippen LogP contribution < -0.4 is 0 Å². The van der Waals surface area contributed by atoms with E-state index in [2.05, 4.69) is 0 Å². The predicted octanol–water partition coefficient (Wildman–Crippen LogP) is 3.67. The van der Waals surface area contributed by atoms with Crippen LogP contribution >= 0.6 is 0 Å². The maximum atomic E-state index is 13.4. The first-order valence-corrected chi connectivity index (χ1v) is 5.39. The van der Waals surface area contributed by atoms with Crippen molar-refractivity contribution in [2.75, 3.05) is 0 Å². The van der Waals surface area contributed by atoms with Gasteiger partial charge in [0.2, 0.25) is 0 Å². The van der Waals surface area contributed by atoms with Gasteiger partial charge in [0.05, 0.1) is 5.56 Å². The number of rotatable bonds is 3. The van der Waals surface area contributed by atoms with Crippen LogP contribution in [0.4, 0.5) is 17.6 Å². The van der Waals surface area contributed by atoms with Crippen molar-refractivity contribution in [1.29, 1.82) is 0 Å². The van der Waals surface area contributed by atoms with Crippen LogP contribution in [0.5, 0.6) is 0 Å². The summed E-state index contributed by atoms with van der Waals surface area (Å²) >= 11 is 0. The maximum Gasteiger partial charge on any atom is 0.173 e. The molecule has 1 nitrogen and oxygen atoms in total. The molecule has 0 spiro atoms. The molecule has 19 heavy (non-hydrogen) atoms. The highest BCUT2D eigenvalue weighted by Gasteiger charge is 2.19. The Morgan fingerprint density at radius 1 is 0.842 bits per heavy atom. The van der Waals surface area contributed by atoms with E-state index in [-0.39, 0.29) is 6.42 Å². The van der Waals surface area contributed by atoms with Gasteiger partial charge >= 0.3 is 0 Å². The maximum absolute atomic E-state index is 13.4. The Balaban J connectivity index is 2.28. The molecule has 0 aromatic heterocycles. The van der Waals surface area contributed by atoms with Crippen molar-refractivity contribution < 1.29 is 22.4 Å². The number of benzene rings is 2. The fourth-order valence-corrected chi connectivity index (χ4v) is 1.68. The van der Waals surface area contributed by atoms with E-state index in [1.165, 1.54) is 12.1 Å². The van der Waals surface area contributed by atoms with Gasteiger partial charge in [-0.05, 0) is 17.7 Å². The van der Waals surface area contributed by atoms with Crippen LogP contribution in [-0.4, -0.2) is 5.78 Å². The molecule has 0 saturated carbocycles. The van der Waals surface area contributed by atoms with E-state index in [9.17, 15) is 22.4 Å². The third kappa shape index (κ3) is 2.99. The van der Waals surface area contributed by atoms with Crippen LogP contribution in [0.15, 0.2) is 36.4 Å². The van der Waals surface area contributed by atoms with Gasteiger partial charge in [-0.1, -0.05) is 12.1 Å². The summed E-state index contributed by atoms with van der Waals surface area (Å²) in [6.07, 6.45) is -0.292. The fourth-order valence-electron chi connectivity index (χ4n) is 1.68. The zero-order valence-electron chi connectivity index (χ0n) is 9.59. The average Bonchev–Trinajstić information content (AvgIpc) is 2.30. The molecule has 0 radical (unpaired) electrons. The Labute approximate surface area is 106 Å². The van der Waals surface area contributed by atoms with Crippen LogP contribution in [0.25, 0.3) is 0 Å². The zero-order chi connectivity index (χ0) is 14.0. The lowest BCUT2D eigenvalue weighted by molar-refractivity contribution is 0.0984. The highest BCUT2D eigenvalue weighted by Crippen LogP contribution is 2.17. The van der Waals surface area contributed by atoms with Crippen LogP contribution in [-0.2, 0) is 6.42 Å². The summed E-state index contributed by atoms with van der Waals surface area (Å²) in [5, 5.41) is 0. The summed E-state index contributed by atoms with van der Waals surface area (Å²) in [4.78, 5) is 11.8. The lowest BCUT2D eigenvalue weighted by atomic mass is 10.0. The number of Topliss-reactive ketones (excluding diaryl/α,β-unsaturated/α-hetero) is 1. The minimum absolute atomic E-state index is 0.292. The third-order valence-electron chi connectivity index (χ3n) is 2.56. The Morgan fingerprint density at radius 2 is 1.37 bits per heavy atom. The number of ketones is 1. The van der Waals surface area contributed by atoms with Crippen LogP contribution in [0.2, 0.25) is 0 Å². The van der Waals surface area contributed by atoms with Gasteiger partial charge in [-0.25, -0.2) is 17.6 Å². The number of hydrogen-bond donors (Lipinski definition) is 0. The summed E-state index contributed by atoms with van der Waals surface area (Å²) in [7, 11) is 0. The van der Waals surface area contributed by atoms with E-state index in [0.29, 0.717) is 17.7 Å². The second-order valence-electron chi connectivity index (χ2n) is 3.97. The van der Waals surface area contributed by atoms with Crippen LogP contribution in [0.1, 0.15) is 15.9 Å². The Morgan fingerprint density at radius 3 is 1.89 bits per heavy atom. The van der Waals surface area contributed by atoms with E-state index < -0.39 is 34.6 Å². The topological polar surface area (TPSA) is 17.1 Å². The Hall–Kier alpha value is -2.17. The van der Waals surface area contributed by atoms with Gasteiger partial charge in [0.25, 0.3) is 0 Å². The molecule has 2 aromatic carbocycles. The van der Waals surface area contributed by atoms with Crippen molar-refractivity contribution in [2.45, 2.75) is 6.42 Å². The molecule has 0 aliphatic rings. The molecule has 2 rings (SSSR count). The molecule has 0 aliphatic heterocycles. The molecule has 0 heterocycles. The van der Waals surface area contributed by atoms with Crippen molar-refractivity contribution in [3.05, 3.63) is 70.8 Å². The molecule has 2 aromatic rings. The molecule has 0 amide bonds. The first kappa shape index (κ1) is 13.3. The molecule has 0 aliphatic carbocycles. The molecule has 98 valence electrons. The molecule has 0 bridgehead atoms. The lowest BCUT2D eigenvalue weighted by Gasteiger charge is -2.05. The van der Waals surface area contributed by atoms with Crippen molar-refractivity contribution in [1.82, 2.24) is 0 Å². The highest BCUT2D eigenvalue weighted by atomic mass is 19.1. The second kappa shape index (κ2) is 5.22. The van der Waals surface area contributed by atoms with E-state index in [4.69, 9.17) is 0 Å². The van der Waals surface area contributed by atoms with Crippen molar-refractivity contribution >= 4 is 5.78 Å². The monoisotopic (exact) mass is 268 g/mol. The molecule has 0 N–H and O–H groups in total. The van der Waals surface area contributed by atoms with Crippen LogP contribution in [0, 0.1) is 23.3 Å². The van der Waals surface area contributed by atoms with Crippen molar-refractivity contribution in [3.8, 4) is 0 Å². The molecular formula is C14H8F4O. The Bertz CT molecular complexity index is 597. The van der Waals surface area contributed by atoms with Gasteiger partial charge in [-0.15, -0.1) is 0 Å². The average molecular weight is 268 g/mol. The van der Waals surface area contributed by atoms with Crippen LogP contribution in [0.3, 0.4) is 0 Å². The van der Waals surface area contributed by atoms with Gasteiger partial charge < -0.3 is 0 Å². The molecular weight excluding hydrogens is 260 g/mol. The summed E-state index contributed by atoms with van der Waals surface area (Å²) < 4.78 is 52.1. The van der Waals surface area contributed by atoms with Gasteiger partial charge in [0.1, 0.15) is 23.3 Å². The van der Waals surface area contributed by atoms with Gasteiger partial charge in [0, 0.05) is 18.6 Å². The van der Waals surface area contributed by atoms with Crippen molar-refractivity contribution in [3.63, 3.8) is 0 Å². The van der Waals surface area contributed by atoms with Gasteiger partial charge in [-0.2, -0.15) is 0 Å². The number of carbonyl (C=O) groups excluding carboxylic acids is 1. The summed E-state index contributed by atoms with van der Waals surface area (Å²) in [6, 6.07) is 5.85. The first-order valence-electron chi connectivity index (χ1n) is 5.39. The Kier molecular flexibility index (Phi) is 3.64. The molecule has 5 heteroatoms. The largest absolute Gasteiger partial charge is 0.294 e. The molecule has 0 fully saturated rings. The molecule has 0 atom stereocenters. The van der Waals surface area contributed by atoms with E-state index in [1.807, 2.05) is 0 Å². The standard InChI is InChI=1S/C14H8F4O/c15-9-3-1-8(2-4-9)5-13(19)14-11(17)6-10(16)7-12(14)18/h1-4,6-7H,5H2. The normalized spacial score (nSPS) is 10.5. The number of carbonyl (C=O) groups is 1. The molecule has 0 unspecified atom stereocenters. The van der Waals surface area contributed by atoms with Gasteiger partial charge in [0.15, 0.2) is 5.78 Å². The number of hydrogen-bond acceptors (Lipinski definition) is 1.